The molecule has 4 nitrogen and oxygen atoms in total. The summed E-state index contributed by atoms with van der Waals surface area (Å²) in [5.41, 5.74) is 7.86. The molecule has 1 saturated carbocycles. The zero-order chi connectivity index (χ0) is 15.9. The van der Waals surface area contributed by atoms with Gasteiger partial charge in [-0.15, -0.1) is 0 Å². The Hall–Kier alpha value is -1.39. The third-order valence-corrected chi connectivity index (χ3v) is 4.57. The van der Waals surface area contributed by atoms with Crippen LogP contribution >= 0.6 is 0 Å². The van der Waals surface area contributed by atoms with Crippen molar-refractivity contribution in [2.75, 3.05) is 5.32 Å². The van der Waals surface area contributed by atoms with Crippen molar-refractivity contribution in [1.82, 2.24) is 0 Å². The van der Waals surface area contributed by atoms with E-state index in [1.54, 1.807) is 0 Å². The molecule has 0 heterocycles. The Labute approximate surface area is 133 Å². The number of carbonyl (C=O) groups excluding carboxylic acids is 1. The first kappa shape index (κ1) is 17.0. The van der Waals surface area contributed by atoms with Crippen molar-refractivity contribution in [2.45, 2.75) is 64.7 Å². The number of nitrogens with one attached hydrogen (secondary N) is 1. The summed E-state index contributed by atoms with van der Waals surface area (Å²) in [6.07, 6.45) is 6.25. The number of nitrogens with two attached hydrogens (primary N) is 1. The van der Waals surface area contributed by atoms with Crippen molar-refractivity contribution < 1.29 is 9.53 Å². The summed E-state index contributed by atoms with van der Waals surface area (Å²) < 4.78 is 5.89. The zero-order valence-corrected chi connectivity index (χ0v) is 13.7. The molecule has 0 radical (unpaired) electrons. The number of amides is 1. The highest BCUT2D eigenvalue weighted by molar-refractivity contribution is 5.94. The Balaban J connectivity index is 1.82. The molecule has 0 aromatic heterocycles. The van der Waals surface area contributed by atoms with Gasteiger partial charge in [-0.05, 0) is 36.5 Å². The smallest absolute Gasteiger partial charge is 0.241 e. The molecule has 2 rings (SSSR count). The maximum absolute atomic E-state index is 12.0. The number of anilines is 1. The van der Waals surface area contributed by atoms with Gasteiger partial charge in [0.2, 0.25) is 5.91 Å². The second-order valence-corrected chi connectivity index (χ2v) is 6.31. The van der Waals surface area contributed by atoms with Crippen LogP contribution in [0.3, 0.4) is 0 Å². The molecular weight excluding hydrogens is 276 g/mol. The quantitative estimate of drug-likeness (QED) is 0.811. The molecule has 1 aliphatic carbocycles. The van der Waals surface area contributed by atoms with Crippen molar-refractivity contribution in [3.05, 3.63) is 29.8 Å². The Kier molecular flexibility index (Phi) is 6.40. The van der Waals surface area contributed by atoms with Gasteiger partial charge in [-0.1, -0.05) is 45.2 Å². The first-order valence-corrected chi connectivity index (χ1v) is 8.37. The van der Waals surface area contributed by atoms with Crippen LogP contribution < -0.4 is 11.1 Å². The molecular formula is C18H28N2O2. The lowest BCUT2D eigenvalue weighted by molar-refractivity contribution is -0.118. The van der Waals surface area contributed by atoms with Gasteiger partial charge in [0.05, 0.1) is 18.8 Å². The molecule has 2 unspecified atom stereocenters. The highest BCUT2D eigenvalue weighted by Crippen LogP contribution is 2.22. The van der Waals surface area contributed by atoms with Gasteiger partial charge in [0.25, 0.3) is 0 Å². The molecule has 0 bridgehead atoms. The summed E-state index contributed by atoms with van der Waals surface area (Å²) in [4.78, 5) is 12.0. The Morgan fingerprint density at radius 1 is 1.32 bits per heavy atom. The first-order valence-electron chi connectivity index (χ1n) is 8.37. The Morgan fingerprint density at radius 3 is 2.55 bits per heavy atom. The lowest BCUT2D eigenvalue weighted by atomic mass is 9.99. The number of carbonyl (C=O) groups is 1. The molecule has 22 heavy (non-hydrogen) atoms. The van der Waals surface area contributed by atoms with E-state index >= 15 is 0 Å². The normalized spacial score (nSPS) is 18.1. The van der Waals surface area contributed by atoms with Gasteiger partial charge in [0.1, 0.15) is 0 Å². The summed E-state index contributed by atoms with van der Waals surface area (Å²) in [5.74, 6) is 0.0587. The highest BCUT2D eigenvalue weighted by Gasteiger charge is 2.19. The van der Waals surface area contributed by atoms with Crippen LogP contribution in [0, 0.1) is 5.92 Å². The third kappa shape index (κ3) is 4.82. The van der Waals surface area contributed by atoms with E-state index in [9.17, 15) is 4.79 Å². The van der Waals surface area contributed by atoms with Crippen LogP contribution in [0.5, 0.6) is 0 Å². The van der Waals surface area contributed by atoms with Gasteiger partial charge in [-0.3, -0.25) is 4.79 Å². The second-order valence-electron chi connectivity index (χ2n) is 6.31. The predicted molar refractivity (Wildman–Crippen MR) is 89.5 cm³/mol. The summed E-state index contributed by atoms with van der Waals surface area (Å²) in [7, 11) is 0. The van der Waals surface area contributed by atoms with Crippen LogP contribution in [-0.2, 0) is 16.1 Å². The van der Waals surface area contributed by atoms with Crippen LogP contribution in [0.4, 0.5) is 5.69 Å². The van der Waals surface area contributed by atoms with E-state index in [1.807, 2.05) is 38.1 Å². The Bertz CT molecular complexity index is 466. The predicted octanol–water partition coefficient (Wildman–Crippen LogP) is 3.46. The van der Waals surface area contributed by atoms with Gasteiger partial charge in [-0.25, -0.2) is 0 Å². The van der Waals surface area contributed by atoms with Gasteiger partial charge < -0.3 is 15.8 Å². The topological polar surface area (TPSA) is 64.4 Å². The maximum atomic E-state index is 12.0. The van der Waals surface area contributed by atoms with E-state index in [1.165, 1.54) is 25.7 Å². The molecule has 0 saturated heterocycles. The first-order chi connectivity index (χ1) is 10.6. The number of hydrogen-bond donors (Lipinski definition) is 2. The molecule has 1 amide bonds. The molecule has 2 atom stereocenters. The van der Waals surface area contributed by atoms with Crippen molar-refractivity contribution in [3.8, 4) is 0 Å². The minimum Gasteiger partial charge on any atom is -0.374 e. The van der Waals surface area contributed by atoms with E-state index < -0.39 is 6.04 Å². The van der Waals surface area contributed by atoms with Crippen LogP contribution in [0.2, 0.25) is 0 Å². The second kappa shape index (κ2) is 8.30. The molecule has 1 fully saturated rings. The van der Waals surface area contributed by atoms with Crippen molar-refractivity contribution in [2.24, 2.45) is 11.7 Å². The lowest BCUT2D eigenvalue weighted by Crippen LogP contribution is -2.40. The number of hydrogen-bond acceptors (Lipinski definition) is 3. The summed E-state index contributed by atoms with van der Waals surface area (Å²) in [6.45, 7) is 4.68. The van der Waals surface area contributed by atoms with Crippen molar-refractivity contribution in [1.29, 1.82) is 0 Å². The van der Waals surface area contributed by atoms with Crippen LogP contribution in [-0.4, -0.2) is 18.1 Å². The average Bonchev–Trinajstić information content (AvgIpc) is 3.06. The van der Waals surface area contributed by atoms with Crippen molar-refractivity contribution >= 4 is 11.6 Å². The fourth-order valence-corrected chi connectivity index (χ4v) is 2.69. The molecule has 1 aliphatic rings. The van der Waals surface area contributed by atoms with Gasteiger partial charge >= 0.3 is 0 Å². The SMILES string of the molecule is CCC(C)C(N)C(=O)Nc1ccc(COC2CCCC2)cc1. The van der Waals surface area contributed by atoms with E-state index in [0.29, 0.717) is 12.7 Å². The number of benzene rings is 1. The fourth-order valence-electron chi connectivity index (χ4n) is 2.69. The number of ether oxygens (including phenoxy) is 1. The molecule has 1 aromatic carbocycles. The lowest BCUT2D eigenvalue weighted by Gasteiger charge is -2.18. The highest BCUT2D eigenvalue weighted by atomic mass is 16.5. The van der Waals surface area contributed by atoms with Gasteiger partial charge in [0, 0.05) is 5.69 Å². The fraction of sp³-hybridized carbons (Fsp3) is 0.611. The van der Waals surface area contributed by atoms with Gasteiger partial charge in [-0.2, -0.15) is 0 Å². The molecule has 3 N–H and O–H groups in total. The zero-order valence-electron chi connectivity index (χ0n) is 13.7. The summed E-state index contributed by atoms with van der Waals surface area (Å²) in [6, 6.07) is 7.36. The molecule has 0 aliphatic heterocycles. The largest absolute Gasteiger partial charge is 0.374 e. The Morgan fingerprint density at radius 2 is 1.95 bits per heavy atom. The third-order valence-electron chi connectivity index (χ3n) is 4.57. The standard InChI is InChI=1S/C18H28N2O2/c1-3-13(2)17(19)18(21)20-15-10-8-14(9-11-15)12-22-16-6-4-5-7-16/h8-11,13,16-17H,3-7,12,19H2,1-2H3,(H,20,21). The van der Waals surface area contributed by atoms with Crippen LogP contribution in [0.1, 0.15) is 51.5 Å². The van der Waals surface area contributed by atoms with Crippen LogP contribution in [0.25, 0.3) is 0 Å². The summed E-state index contributed by atoms with van der Waals surface area (Å²) in [5, 5.41) is 2.88. The molecule has 0 spiro atoms. The average molecular weight is 304 g/mol. The monoisotopic (exact) mass is 304 g/mol. The van der Waals surface area contributed by atoms with Gasteiger partial charge in [0.15, 0.2) is 0 Å². The van der Waals surface area contributed by atoms with E-state index in [0.717, 1.165) is 17.7 Å². The van der Waals surface area contributed by atoms with Crippen molar-refractivity contribution in [3.63, 3.8) is 0 Å². The maximum Gasteiger partial charge on any atom is 0.241 e. The summed E-state index contributed by atoms with van der Waals surface area (Å²) >= 11 is 0. The van der Waals surface area contributed by atoms with Crippen LogP contribution in [0.15, 0.2) is 24.3 Å². The number of rotatable bonds is 7. The van der Waals surface area contributed by atoms with E-state index in [4.69, 9.17) is 10.5 Å². The molecule has 1 aromatic rings. The molecule has 122 valence electrons. The minimum absolute atomic E-state index is 0.121. The molecule has 4 heteroatoms. The van der Waals surface area contributed by atoms with E-state index in [-0.39, 0.29) is 11.8 Å². The van der Waals surface area contributed by atoms with E-state index in [2.05, 4.69) is 5.32 Å². The minimum atomic E-state index is -0.463.